The zero-order valence-electron chi connectivity index (χ0n) is 12.4. The van der Waals surface area contributed by atoms with Crippen LogP contribution in [0.2, 0.25) is 15.1 Å². The molecule has 0 aliphatic carbocycles. The van der Waals surface area contributed by atoms with Gasteiger partial charge in [-0.25, -0.2) is 4.79 Å². The number of amides is 2. The largest absolute Gasteiger partial charge is 0.452 e. The molecular formula is C14H15Cl3N2O4. The standard InChI is InChI=1S/C14H15Cl3N2O4/c1-3-18-13(21)7(2)19-10(20)6-23-14(22)11-8(15)4-5-9(16)12(11)17/h4-5,7H,3,6H2,1-2H3,(H,18,21)(H,19,20)/t7-/m1/s1. The van der Waals surface area contributed by atoms with E-state index in [-0.39, 0.29) is 26.5 Å². The summed E-state index contributed by atoms with van der Waals surface area (Å²) in [5, 5.41) is 5.08. The number of halogens is 3. The molecule has 0 radical (unpaired) electrons. The Morgan fingerprint density at radius 2 is 1.78 bits per heavy atom. The molecule has 6 nitrogen and oxygen atoms in total. The molecule has 0 aliphatic rings. The van der Waals surface area contributed by atoms with Crippen LogP contribution in [0.3, 0.4) is 0 Å². The van der Waals surface area contributed by atoms with Crippen LogP contribution in [0.4, 0.5) is 0 Å². The Kier molecular flexibility index (Phi) is 7.61. The molecule has 0 bridgehead atoms. The predicted octanol–water partition coefficient (Wildman–Crippen LogP) is 2.44. The quantitative estimate of drug-likeness (QED) is 0.585. The molecule has 1 aromatic rings. The number of carbonyl (C=O) groups excluding carboxylic acids is 3. The molecule has 0 heterocycles. The first-order valence-corrected chi connectivity index (χ1v) is 7.79. The van der Waals surface area contributed by atoms with E-state index in [9.17, 15) is 14.4 Å². The zero-order chi connectivity index (χ0) is 17.6. The van der Waals surface area contributed by atoms with Crippen molar-refractivity contribution >= 4 is 52.6 Å². The Labute approximate surface area is 148 Å². The van der Waals surface area contributed by atoms with Crippen LogP contribution >= 0.6 is 34.8 Å². The van der Waals surface area contributed by atoms with Crippen LogP contribution in [-0.4, -0.2) is 37.0 Å². The summed E-state index contributed by atoms with van der Waals surface area (Å²) in [5.74, 6) is -1.86. The summed E-state index contributed by atoms with van der Waals surface area (Å²) < 4.78 is 4.84. The number of ether oxygens (including phenoxy) is 1. The van der Waals surface area contributed by atoms with Gasteiger partial charge in [-0.05, 0) is 26.0 Å². The van der Waals surface area contributed by atoms with Crippen LogP contribution in [0.15, 0.2) is 12.1 Å². The Morgan fingerprint density at radius 1 is 1.17 bits per heavy atom. The van der Waals surface area contributed by atoms with Crippen molar-refractivity contribution in [2.45, 2.75) is 19.9 Å². The Bertz CT molecular complexity index is 622. The fourth-order valence-electron chi connectivity index (χ4n) is 1.59. The van der Waals surface area contributed by atoms with E-state index in [4.69, 9.17) is 39.5 Å². The molecule has 9 heteroatoms. The van der Waals surface area contributed by atoms with Crippen molar-refractivity contribution in [2.24, 2.45) is 0 Å². The lowest BCUT2D eigenvalue weighted by Crippen LogP contribution is -2.46. The first-order chi connectivity index (χ1) is 10.8. The van der Waals surface area contributed by atoms with E-state index in [1.54, 1.807) is 6.92 Å². The average Bonchev–Trinajstić information content (AvgIpc) is 2.49. The van der Waals surface area contributed by atoms with Crippen LogP contribution < -0.4 is 10.6 Å². The molecule has 1 aromatic carbocycles. The van der Waals surface area contributed by atoms with Gasteiger partial charge in [0.05, 0.1) is 20.6 Å². The van der Waals surface area contributed by atoms with E-state index in [1.807, 2.05) is 0 Å². The molecule has 0 spiro atoms. The molecule has 1 rings (SSSR count). The van der Waals surface area contributed by atoms with Crippen molar-refractivity contribution in [3.63, 3.8) is 0 Å². The molecule has 126 valence electrons. The number of hydrogen-bond donors (Lipinski definition) is 2. The van der Waals surface area contributed by atoms with Crippen LogP contribution in [0.1, 0.15) is 24.2 Å². The lowest BCUT2D eigenvalue weighted by Gasteiger charge is -2.13. The molecule has 0 saturated heterocycles. The van der Waals surface area contributed by atoms with Gasteiger partial charge in [-0.1, -0.05) is 34.8 Å². The molecule has 2 amide bonds. The molecule has 0 fully saturated rings. The number of likely N-dealkylation sites (N-methyl/N-ethyl adjacent to an activating group) is 1. The zero-order valence-corrected chi connectivity index (χ0v) is 14.7. The number of nitrogens with one attached hydrogen (secondary N) is 2. The summed E-state index contributed by atoms with van der Waals surface area (Å²) in [6.45, 7) is 3.13. The van der Waals surface area contributed by atoms with Gasteiger partial charge >= 0.3 is 5.97 Å². The van der Waals surface area contributed by atoms with Crippen molar-refractivity contribution in [3.05, 3.63) is 32.8 Å². The van der Waals surface area contributed by atoms with Gasteiger partial charge in [0.15, 0.2) is 6.61 Å². The highest BCUT2D eigenvalue weighted by molar-refractivity contribution is 6.46. The highest BCUT2D eigenvalue weighted by Gasteiger charge is 2.21. The Balaban J connectivity index is 2.62. The van der Waals surface area contributed by atoms with Crippen LogP contribution in [0, 0.1) is 0 Å². The summed E-state index contributed by atoms with van der Waals surface area (Å²) in [6.07, 6.45) is 0. The number of esters is 1. The summed E-state index contributed by atoms with van der Waals surface area (Å²) >= 11 is 17.6. The van der Waals surface area contributed by atoms with Crippen molar-refractivity contribution in [1.82, 2.24) is 10.6 Å². The molecule has 0 saturated carbocycles. The summed E-state index contributed by atoms with van der Waals surface area (Å²) in [5.41, 5.74) is -0.120. The van der Waals surface area contributed by atoms with Gasteiger partial charge in [0.1, 0.15) is 6.04 Å². The maximum absolute atomic E-state index is 12.0. The highest BCUT2D eigenvalue weighted by Crippen LogP contribution is 2.31. The van der Waals surface area contributed by atoms with Crippen molar-refractivity contribution in [3.8, 4) is 0 Å². The van der Waals surface area contributed by atoms with E-state index in [2.05, 4.69) is 10.6 Å². The molecule has 23 heavy (non-hydrogen) atoms. The van der Waals surface area contributed by atoms with Gasteiger partial charge in [-0.2, -0.15) is 0 Å². The molecular weight excluding hydrogens is 367 g/mol. The maximum atomic E-state index is 12.0. The second kappa shape index (κ2) is 8.96. The normalized spacial score (nSPS) is 11.5. The van der Waals surface area contributed by atoms with Crippen LogP contribution in [-0.2, 0) is 14.3 Å². The van der Waals surface area contributed by atoms with Gasteiger partial charge in [-0.15, -0.1) is 0 Å². The monoisotopic (exact) mass is 380 g/mol. The van der Waals surface area contributed by atoms with Gasteiger partial charge in [-0.3, -0.25) is 9.59 Å². The highest BCUT2D eigenvalue weighted by atomic mass is 35.5. The first kappa shape index (κ1) is 19.5. The Morgan fingerprint density at radius 3 is 2.39 bits per heavy atom. The Hall–Kier alpha value is -1.50. The number of benzene rings is 1. The minimum Gasteiger partial charge on any atom is -0.452 e. The number of carbonyl (C=O) groups is 3. The molecule has 0 aromatic heterocycles. The number of hydrogen-bond acceptors (Lipinski definition) is 4. The second-order valence-electron chi connectivity index (χ2n) is 4.48. The minimum atomic E-state index is -0.886. The first-order valence-electron chi connectivity index (χ1n) is 6.65. The summed E-state index contributed by atoms with van der Waals surface area (Å²) in [6, 6.07) is 2.08. The topological polar surface area (TPSA) is 84.5 Å². The van der Waals surface area contributed by atoms with E-state index < -0.39 is 24.5 Å². The fourth-order valence-corrected chi connectivity index (χ4v) is 2.28. The molecule has 0 aliphatic heterocycles. The van der Waals surface area contributed by atoms with E-state index in [0.29, 0.717) is 6.54 Å². The van der Waals surface area contributed by atoms with E-state index >= 15 is 0 Å². The number of rotatable bonds is 6. The van der Waals surface area contributed by atoms with Crippen LogP contribution in [0.25, 0.3) is 0 Å². The van der Waals surface area contributed by atoms with Gasteiger partial charge < -0.3 is 15.4 Å². The van der Waals surface area contributed by atoms with Gasteiger partial charge in [0, 0.05) is 6.54 Å². The van der Waals surface area contributed by atoms with E-state index in [1.165, 1.54) is 19.1 Å². The SMILES string of the molecule is CCNC(=O)[C@@H](C)NC(=O)COC(=O)c1c(Cl)ccc(Cl)c1Cl. The lowest BCUT2D eigenvalue weighted by atomic mass is 10.2. The summed E-state index contributed by atoms with van der Waals surface area (Å²) in [4.78, 5) is 35.1. The predicted molar refractivity (Wildman–Crippen MR) is 88.0 cm³/mol. The molecule has 2 N–H and O–H groups in total. The van der Waals surface area contributed by atoms with Crippen molar-refractivity contribution < 1.29 is 19.1 Å². The van der Waals surface area contributed by atoms with Crippen LogP contribution in [0.5, 0.6) is 0 Å². The third-order valence-corrected chi connectivity index (χ3v) is 3.82. The van der Waals surface area contributed by atoms with E-state index in [0.717, 1.165) is 0 Å². The third kappa shape index (κ3) is 5.57. The summed E-state index contributed by atoms with van der Waals surface area (Å²) in [7, 11) is 0. The minimum absolute atomic E-state index is 0.0553. The smallest absolute Gasteiger partial charge is 0.341 e. The van der Waals surface area contributed by atoms with Crippen molar-refractivity contribution in [1.29, 1.82) is 0 Å². The fraction of sp³-hybridized carbons (Fsp3) is 0.357. The average molecular weight is 382 g/mol. The van der Waals surface area contributed by atoms with Gasteiger partial charge in [0.25, 0.3) is 5.91 Å². The van der Waals surface area contributed by atoms with Gasteiger partial charge in [0.2, 0.25) is 5.91 Å². The van der Waals surface area contributed by atoms with Crippen molar-refractivity contribution in [2.75, 3.05) is 13.2 Å². The molecule has 1 atom stereocenters. The second-order valence-corrected chi connectivity index (χ2v) is 5.67. The molecule has 0 unspecified atom stereocenters. The third-order valence-electron chi connectivity index (χ3n) is 2.70. The maximum Gasteiger partial charge on any atom is 0.341 e. The lowest BCUT2D eigenvalue weighted by molar-refractivity contribution is -0.130.